The number of rotatable bonds is 5. The van der Waals surface area contributed by atoms with Crippen molar-refractivity contribution in [2.75, 3.05) is 18.5 Å². The Morgan fingerprint density at radius 2 is 2.00 bits per heavy atom. The van der Waals surface area contributed by atoms with Crippen molar-refractivity contribution >= 4 is 45.1 Å². The van der Waals surface area contributed by atoms with Crippen LogP contribution in [-0.2, 0) is 20.0 Å². The summed E-state index contributed by atoms with van der Waals surface area (Å²) in [5, 5.41) is 1.36. The predicted octanol–water partition coefficient (Wildman–Crippen LogP) is 4.81. The van der Waals surface area contributed by atoms with E-state index in [0.717, 1.165) is 0 Å². The van der Waals surface area contributed by atoms with Crippen LogP contribution in [0.25, 0.3) is 0 Å². The van der Waals surface area contributed by atoms with E-state index in [0.29, 0.717) is 26.5 Å². The van der Waals surface area contributed by atoms with Gasteiger partial charge in [0.25, 0.3) is 0 Å². The molecule has 1 fully saturated rings. The molecule has 0 amide bonds. The van der Waals surface area contributed by atoms with Crippen LogP contribution in [0, 0.1) is 0 Å². The molecule has 7 heteroatoms. The molecule has 0 unspecified atom stereocenters. The molecule has 0 N–H and O–H groups in total. The predicted molar refractivity (Wildman–Crippen MR) is 99.5 cm³/mol. The van der Waals surface area contributed by atoms with Gasteiger partial charge in [0.05, 0.1) is 22.5 Å². The highest BCUT2D eigenvalue weighted by molar-refractivity contribution is 9.09. The first-order chi connectivity index (χ1) is 12.0. The SMILES string of the molecule is O=C(OC[C@H]1CO[C@@](CBr)(c2ccc(Cl)cc2Cl)O1)c1ccccc1. The summed E-state index contributed by atoms with van der Waals surface area (Å²) in [7, 11) is 0. The molecule has 0 spiro atoms. The Morgan fingerprint density at radius 1 is 1.24 bits per heavy atom. The average molecular weight is 446 g/mol. The molecule has 25 heavy (non-hydrogen) atoms. The van der Waals surface area contributed by atoms with Crippen LogP contribution in [0.2, 0.25) is 10.0 Å². The van der Waals surface area contributed by atoms with E-state index in [1.807, 2.05) is 6.07 Å². The Bertz CT molecular complexity index is 756. The number of carbonyl (C=O) groups excluding carboxylic acids is 1. The number of esters is 1. The van der Waals surface area contributed by atoms with Crippen LogP contribution in [-0.4, -0.2) is 30.6 Å². The topological polar surface area (TPSA) is 44.8 Å². The van der Waals surface area contributed by atoms with Crippen LogP contribution < -0.4 is 0 Å². The molecule has 1 saturated heterocycles. The molecular weight excluding hydrogens is 431 g/mol. The average Bonchev–Trinajstić information content (AvgIpc) is 3.05. The van der Waals surface area contributed by atoms with Gasteiger partial charge in [-0.25, -0.2) is 4.79 Å². The fraction of sp³-hybridized carbons (Fsp3) is 0.278. The number of ether oxygens (including phenoxy) is 3. The lowest BCUT2D eigenvalue weighted by Gasteiger charge is -2.27. The minimum atomic E-state index is -1.04. The molecule has 0 bridgehead atoms. The van der Waals surface area contributed by atoms with E-state index in [1.54, 1.807) is 42.5 Å². The Labute approximate surface area is 164 Å². The maximum Gasteiger partial charge on any atom is 0.338 e. The molecule has 2 aromatic carbocycles. The normalized spacial score (nSPS) is 22.8. The van der Waals surface area contributed by atoms with Crippen LogP contribution in [0.5, 0.6) is 0 Å². The molecule has 4 nitrogen and oxygen atoms in total. The molecule has 2 atom stereocenters. The van der Waals surface area contributed by atoms with E-state index in [9.17, 15) is 4.79 Å². The lowest BCUT2D eigenvalue weighted by molar-refractivity contribution is -0.160. The number of benzene rings is 2. The van der Waals surface area contributed by atoms with Crippen LogP contribution >= 0.6 is 39.1 Å². The van der Waals surface area contributed by atoms with Crippen molar-refractivity contribution in [1.29, 1.82) is 0 Å². The molecule has 132 valence electrons. The van der Waals surface area contributed by atoms with Crippen molar-refractivity contribution in [2.24, 2.45) is 0 Å². The minimum Gasteiger partial charge on any atom is -0.459 e. The first-order valence-electron chi connectivity index (χ1n) is 7.59. The second-order valence-corrected chi connectivity index (χ2v) is 6.93. The van der Waals surface area contributed by atoms with Gasteiger partial charge in [0.15, 0.2) is 0 Å². The molecule has 0 radical (unpaired) electrons. The third kappa shape index (κ3) is 4.18. The van der Waals surface area contributed by atoms with Gasteiger partial charge in [0, 0.05) is 10.6 Å². The molecule has 1 aliphatic rings. The van der Waals surface area contributed by atoms with Crippen molar-refractivity contribution in [2.45, 2.75) is 11.9 Å². The number of hydrogen-bond donors (Lipinski definition) is 0. The number of halogens is 3. The third-order valence-electron chi connectivity index (χ3n) is 3.79. The van der Waals surface area contributed by atoms with Gasteiger partial charge in [-0.3, -0.25) is 0 Å². The molecule has 1 aliphatic heterocycles. The van der Waals surface area contributed by atoms with Gasteiger partial charge in [-0.2, -0.15) is 0 Å². The molecule has 3 rings (SSSR count). The van der Waals surface area contributed by atoms with Gasteiger partial charge in [0.2, 0.25) is 5.79 Å². The van der Waals surface area contributed by atoms with Gasteiger partial charge >= 0.3 is 5.97 Å². The molecule has 0 aliphatic carbocycles. The van der Waals surface area contributed by atoms with Gasteiger partial charge in [-0.1, -0.05) is 63.4 Å². The summed E-state index contributed by atoms with van der Waals surface area (Å²) in [6.45, 7) is 0.375. The summed E-state index contributed by atoms with van der Waals surface area (Å²) in [6.07, 6.45) is -0.392. The minimum absolute atomic E-state index is 0.0910. The Balaban J connectivity index is 1.66. The van der Waals surface area contributed by atoms with Crippen molar-refractivity contribution in [1.82, 2.24) is 0 Å². The van der Waals surface area contributed by atoms with Crippen LogP contribution in [0.1, 0.15) is 15.9 Å². The molecule has 0 saturated carbocycles. The molecule has 0 aromatic heterocycles. The van der Waals surface area contributed by atoms with Gasteiger partial charge in [0.1, 0.15) is 12.7 Å². The first-order valence-corrected chi connectivity index (χ1v) is 9.47. The highest BCUT2D eigenvalue weighted by atomic mass is 79.9. The molecular formula is C18H15BrCl2O4. The smallest absolute Gasteiger partial charge is 0.338 e. The molecule has 2 aromatic rings. The zero-order chi connectivity index (χ0) is 17.9. The van der Waals surface area contributed by atoms with E-state index >= 15 is 0 Å². The lowest BCUT2D eigenvalue weighted by Crippen LogP contribution is -2.31. The fourth-order valence-electron chi connectivity index (χ4n) is 2.55. The Morgan fingerprint density at radius 3 is 2.68 bits per heavy atom. The van der Waals surface area contributed by atoms with Gasteiger partial charge in [-0.15, -0.1) is 0 Å². The summed E-state index contributed by atoms with van der Waals surface area (Å²) >= 11 is 15.6. The number of alkyl halides is 1. The monoisotopic (exact) mass is 444 g/mol. The zero-order valence-electron chi connectivity index (χ0n) is 13.1. The van der Waals surface area contributed by atoms with E-state index in [1.165, 1.54) is 0 Å². The maximum absolute atomic E-state index is 12.0. The highest BCUT2D eigenvalue weighted by Gasteiger charge is 2.44. The van der Waals surface area contributed by atoms with E-state index in [2.05, 4.69) is 15.9 Å². The summed E-state index contributed by atoms with van der Waals surface area (Å²) in [5.74, 6) is -1.43. The van der Waals surface area contributed by atoms with Crippen molar-refractivity contribution < 1.29 is 19.0 Å². The van der Waals surface area contributed by atoms with Crippen LogP contribution in [0.4, 0.5) is 0 Å². The maximum atomic E-state index is 12.0. The number of carbonyl (C=O) groups is 1. The van der Waals surface area contributed by atoms with E-state index in [4.69, 9.17) is 37.4 Å². The van der Waals surface area contributed by atoms with Crippen molar-refractivity contribution in [3.63, 3.8) is 0 Å². The van der Waals surface area contributed by atoms with Gasteiger partial charge in [-0.05, 0) is 24.3 Å². The summed E-state index contributed by atoms with van der Waals surface area (Å²) in [5.41, 5.74) is 1.17. The quantitative estimate of drug-likeness (QED) is 0.489. The zero-order valence-corrected chi connectivity index (χ0v) is 16.2. The second-order valence-electron chi connectivity index (χ2n) is 5.53. The Kier molecular flexibility index (Phi) is 6.02. The number of hydrogen-bond acceptors (Lipinski definition) is 4. The largest absolute Gasteiger partial charge is 0.459 e. The summed E-state index contributed by atoms with van der Waals surface area (Å²) in [6, 6.07) is 13.9. The lowest BCUT2D eigenvalue weighted by atomic mass is 10.1. The summed E-state index contributed by atoms with van der Waals surface area (Å²) < 4.78 is 17.2. The van der Waals surface area contributed by atoms with E-state index < -0.39 is 17.9 Å². The van der Waals surface area contributed by atoms with E-state index in [-0.39, 0.29) is 13.2 Å². The second kappa shape index (κ2) is 8.06. The van der Waals surface area contributed by atoms with Crippen molar-refractivity contribution in [3.8, 4) is 0 Å². The summed E-state index contributed by atoms with van der Waals surface area (Å²) in [4.78, 5) is 12.0. The first kappa shape index (κ1) is 18.7. The highest BCUT2D eigenvalue weighted by Crippen LogP contribution is 2.40. The van der Waals surface area contributed by atoms with Crippen LogP contribution in [0.15, 0.2) is 48.5 Å². The third-order valence-corrected chi connectivity index (χ3v) is 5.07. The standard InChI is InChI=1S/C18H15BrCl2O4/c19-11-18(15-7-6-13(20)8-16(15)21)24-10-14(25-18)9-23-17(22)12-4-2-1-3-5-12/h1-8,14H,9-11H2/t14-,18+/m0/s1. The van der Waals surface area contributed by atoms with Gasteiger partial charge < -0.3 is 14.2 Å². The molecule has 1 heterocycles. The fourth-order valence-corrected chi connectivity index (χ4v) is 3.70. The van der Waals surface area contributed by atoms with Crippen LogP contribution in [0.3, 0.4) is 0 Å². The van der Waals surface area contributed by atoms with Crippen molar-refractivity contribution in [3.05, 3.63) is 69.7 Å². The Hall–Kier alpha value is -1.11.